The van der Waals surface area contributed by atoms with E-state index in [1.165, 1.54) is 12.1 Å². The van der Waals surface area contributed by atoms with Crippen LogP contribution < -0.4 is 0 Å². The van der Waals surface area contributed by atoms with Gasteiger partial charge in [0.05, 0.1) is 4.90 Å². The lowest BCUT2D eigenvalue weighted by Gasteiger charge is -2.18. The van der Waals surface area contributed by atoms with Gasteiger partial charge >= 0.3 is 5.97 Å². The molecule has 0 N–H and O–H groups in total. The van der Waals surface area contributed by atoms with Gasteiger partial charge in [0.15, 0.2) is 0 Å². The molecular formula is C15H20O4S2. The van der Waals surface area contributed by atoms with E-state index in [1.54, 1.807) is 39.2 Å². The summed E-state index contributed by atoms with van der Waals surface area (Å²) < 4.78 is 30.1. The van der Waals surface area contributed by atoms with Gasteiger partial charge in [-0.15, -0.1) is 11.8 Å². The summed E-state index contributed by atoms with van der Waals surface area (Å²) in [5.41, 5.74) is 0.306. The van der Waals surface area contributed by atoms with Crippen LogP contribution in [0.5, 0.6) is 0 Å². The standard InChI is InChI=1S/C15H20O4S2/c1-11-6-8-12(9-7-11)21(17,18)14(20-5)10-13(16)19-15(2,3)4/h6-10H,1-5H3. The summed E-state index contributed by atoms with van der Waals surface area (Å²) in [5.74, 6) is -0.664. The predicted octanol–water partition coefficient (Wildman–Crippen LogP) is 3.31. The van der Waals surface area contributed by atoms with Crippen molar-refractivity contribution in [1.82, 2.24) is 0 Å². The molecule has 0 fully saturated rings. The summed E-state index contributed by atoms with van der Waals surface area (Å²) in [6, 6.07) is 6.50. The first-order valence-electron chi connectivity index (χ1n) is 6.37. The third-order valence-electron chi connectivity index (χ3n) is 2.44. The molecule has 0 amide bonds. The highest BCUT2D eigenvalue weighted by Gasteiger charge is 2.23. The topological polar surface area (TPSA) is 60.4 Å². The van der Waals surface area contributed by atoms with Crippen molar-refractivity contribution in [3.05, 3.63) is 40.1 Å². The maximum Gasteiger partial charge on any atom is 0.333 e. The maximum atomic E-state index is 12.5. The lowest BCUT2D eigenvalue weighted by Crippen LogP contribution is -2.23. The van der Waals surface area contributed by atoms with Crippen molar-refractivity contribution in [2.24, 2.45) is 0 Å². The first-order valence-corrected chi connectivity index (χ1v) is 9.07. The van der Waals surface area contributed by atoms with Crippen molar-refractivity contribution in [2.45, 2.75) is 38.2 Å². The second-order valence-electron chi connectivity index (χ2n) is 5.52. The molecule has 0 atom stereocenters. The molecule has 116 valence electrons. The number of esters is 1. The van der Waals surface area contributed by atoms with Crippen LogP contribution in [0.4, 0.5) is 0 Å². The first kappa shape index (κ1) is 17.8. The van der Waals surface area contributed by atoms with Crippen LogP contribution in [0.2, 0.25) is 0 Å². The Labute approximate surface area is 130 Å². The smallest absolute Gasteiger partial charge is 0.333 e. The number of thioether (sulfide) groups is 1. The van der Waals surface area contributed by atoms with Crippen LogP contribution in [0.25, 0.3) is 0 Å². The fourth-order valence-corrected chi connectivity index (χ4v) is 3.87. The van der Waals surface area contributed by atoms with Gasteiger partial charge in [0.1, 0.15) is 9.84 Å². The van der Waals surface area contributed by atoms with Gasteiger partial charge in [0, 0.05) is 6.08 Å². The van der Waals surface area contributed by atoms with Gasteiger partial charge < -0.3 is 4.74 Å². The highest BCUT2D eigenvalue weighted by molar-refractivity contribution is 8.18. The van der Waals surface area contributed by atoms with Gasteiger partial charge in [0.25, 0.3) is 0 Å². The molecule has 0 aliphatic carbocycles. The molecule has 0 aromatic heterocycles. The highest BCUT2D eigenvalue weighted by Crippen LogP contribution is 2.27. The Morgan fingerprint density at radius 2 is 1.71 bits per heavy atom. The van der Waals surface area contributed by atoms with Crippen LogP contribution in [0.15, 0.2) is 39.5 Å². The predicted molar refractivity (Wildman–Crippen MR) is 85.8 cm³/mol. The second-order valence-corrected chi connectivity index (χ2v) is 8.54. The van der Waals surface area contributed by atoms with E-state index in [9.17, 15) is 13.2 Å². The summed E-state index contributed by atoms with van der Waals surface area (Å²) in [4.78, 5) is 11.9. The third-order valence-corrected chi connectivity index (χ3v) is 5.66. The Hall–Kier alpha value is -1.27. The highest BCUT2D eigenvalue weighted by atomic mass is 32.3. The molecule has 1 aromatic carbocycles. The normalized spacial score (nSPS) is 13.1. The van der Waals surface area contributed by atoms with E-state index < -0.39 is 21.4 Å². The quantitative estimate of drug-likeness (QED) is 0.627. The van der Waals surface area contributed by atoms with E-state index >= 15 is 0 Å². The summed E-state index contributed by atoms with van der Waals surface area (Å²) in [5, 5.41) is 0. The molecule has 0 aliphatic rings. The van der Waals surface area contributed by atoms with Crippen molar-refractivity contribution >= 4 is 27.6 Å². The van der Waals surface area contributed by atoms with Crippen LogP contribution in [0.1, 0.15) is 26.3 Å². The maximum absolute atomic E-state index is 12.5. The van der Waals surface area contributed by atoms with E-state index in [-0.39, 0.29) is 9.13 Å². The summed E-state index contributed by atoms with van der Waals surface area (Å²) in [6.45, 7) is 7.06. The molecule has 4 nitrogen and oxygen atoms in total. The SMILES string of the molecule is CSC(=CC(=O)OC(C)(C)C)S(=O)(=O)c1ccc(C)cc1. The number of hydrogen-bond donors (Lipinski definition) is 0. The number of carbonyl (C=O) groups is 1. The van der Waals surface area contributed by atoms with Crippen molar-refractivity contribution in [1.29, 1.82) is 0 Å². The van der Waals surface area contributed by atoms with Crippen LogP contribution in [0, 0.1) is 6.92 Å². The molecular weight excluding hydrogens is 308 g/mol. The number of aryl methyl sites for hydroxylation is 1. The minimum absolute atomic E-state index is 0.0272. The number of benzene rings is 1. The number of sulfone groups is 1. The molecule has 1 aromatic rings. The molecule has 6 heteroatoms. The Morgan fingerprint density at radius 1 is 1.19 bits per heavy atom. The van der Waals surface area contributed by atoms with E-state index in [0.717, 1.165) is 23.4 Å². The van der Waals surface area contributed by atoms with Gasteiger partial charge in [-0.05, 0) is 46.1 Å². The van der Waals surface area contributed by atoms with Crippen LogP contribution >= 0.6 is 11.8 Å². The van der Waals surface area contributed by atoms with Gasteiger partial charge in [-0.3, -0.25) is 0 Å². The second kappa shape index (κ2) is 6.66. The van der Waals surface area contributed by atoms with Crippen LogP contribution in [-0.4, -0.2) is 26.2 Å². The zero-order chi connectivity index (χ0) is 16.3. The fourth-order valence-electron chi connectivity index (χ4n) is 1.51. The average molecular weight is 328 g/mol. The zero-order valence-electron chi connectivity index (χ0n) is 12.8. The zero-order valence-corrected chi connectivity index (χ0v) is 14.5. The molecule has 0 bridgehead atoms. The Kier molecular flexibility index (Phi) is 5.64. The Morgan fingerprint density at radius 3 is 2.14 bits per heavy atom. The Bertz CT molecular complexity index is 635. The average Bonchev–Trinajstić information content (AvgIpc) is 2.34. The third kappa shape index (κ3) is 5.21. The molecule has 0 heterocycles. The summed E-state index contributed by atoms with van der Waals surface area (Å²) >= 11 is 1.00. The number of carbonyl (C=O) groups excluding carboxylic acids is 1. The lowest BCUT2D eigenvalue weighted by atomic mass is 10.2. The number of rotatable bonds is 4. The van der Waals surface area contributed by atoms with Gasteiger partial charge in [0.2, 0.25) is 9.84 Å². The largest absolute Gasteiger partial charge is 0.457 e. The minimum atomic E-state index is -3.70. The van der Waals surface area contributed by atoms with E-state index in [4.69, 9.17) is 4.74 Å². The fraction of sp³-hybridized carbons (Fsp3) is 0.400. The molecule has 0 aliphatic heterocycles. The van der Waals surface area contributed by atoms with Gasteiger partial charge in [-0.1, -0.05) is 17.7 Å². The molecule has 0 saturated heterocycles. The Balaban J connectivity index is 3.13. The summed E-state index contributed by atoms with van der Waals surface area (Å²) in [7, 11) is -3.70. The molecule has 0 radical (unpaired) electrons. The van der Waals surface area contributed by atoms with Crippen LogP contribution in [0.3, 0.4) is 0 Å². The van der Waals surface area contributed by atoms with E-state index in [2.05, 4.69) is 0 Å². The molecule has 21 heavy (non-hydrogen) atoms. The molecule has 0 saturated carbocycles. The van der Waals surface area contributed by atoms with Crippen molar-refractivity contribution in [3.8, 4) is 0 Å². The van der Waals surface area contributed by atoms with Crippen molar-refractivity contribution < 1.29 is 17.9 Å². The molecule has 1 rings (SSSR count). The minimum Gasteiger partial charge on any atom is -0.457 e. The summed E-state index contributed by atoms with van der Waals surface area (Å²) in [6.07, 6.45) is 2.65. The van der Waals surface area contributed by atoms with Gasteiger partial charge in [-0.2, -0.15) is 0 Å². The molecule has 0 spiro atoms. The van der Waals surface area contributed by atoms with Crippen molar-refractivity contribution in [3.63, 3.8) is 0 Å². The first-order chi connectivity index (χ1) is 9.56. The number of ether oxygens (including phenoxy) is 1. The van der Waals surface area contributed by atoms with Crippen molar-refractivity contribution in [2.75, 3.05) is 6.26 Å². The number of hydrogen-bond acceptors (Lipinski definition) is 5. The van der Waals surface area contributed by atoms with E-state index in [0.29, 0.717) is 0 Å². The van der Waals surface area contributed by atoms with Crippen LogP contribution in [-0.2, 0) is 19.4 Å². The van der Waals surface area contributed by atoms with E-state index in [1.807, 2.05) is 6.92 Å². The lowest BCUT2D eigenvalue weighted by molar-refractivity contribution is -0.148. The monoisotopic (exact) mass is 328 g/mol. The van der Waals surface area contributed by atoms with Gasteiger partial charge in [-0.25, -0.2) is 13.2 Å². The molecule has 0 unspecified atom stereocenters.